The van der Waals surface area contributed by atoms with Crippen LogP contribution >= 0.6 is 11.3 Å². The average molecular weight is 423 g/mol. The second-order valence-corrected chi connectivity index (χ2v) is 8.09. The largest absolute Gasteiger partial charge is 0.459 e. The molecular weight excluding hydrogens is 402 g/mol. The number of carbonyl (C=O) groups excluding carboxylic acids is 3. The highest BCUT2D eigenvalue weighted by Crippen LogP contribution is 2.33. The number of nitrogens with one attached hydrogen (secondary N) is 2. The summed E-state index contributed by atoms with van der Waals surface area (Å²) in [5.41, 5.74) is 1.69. The number of thiophene rings is 1. The van der Waals surface area contributed by atoms with E-state index in [4.69, 9.17) is 4.42 Å². The molecule has 1 atom stereocenters. The first kappa shape index (κ1) is 19.9. The van der Waals surface area contributed by atoms with Crippen molar-refractivity contribution < 1.29 is 18.8 Å². The lowest BCUT2D eigenvalue weighted by molar-refractivity contribution is -0.121. The van der Waals surface area contributed by atoms with Crippen molar-refractivity contribution in [1.82, 2.24) is 10.2 Å². The number of carbonyl (C=O) groups is 3. The second-order valence-electron chi connectivity index (χ2n) is 7.03. The molecule has 0 bridgehead atoms. The number of rotatable bonds is 4. The highest BCUT2D eigenvalue weighted by molar-refractivity contribution is 7.18. The average Bonchev–Trinajstić information content (AvgIpc) is 3.35. The molecule has 2 aromatic heterocycles. The number of anilines is 1. The van der Waals surface area contributed by atoms with E-state index in [1.807, 2.05) is 37.3 Å². The summed E-state index contributed by atoms with van der Waals surface area (Å²) < 4.78 is 5.11. The fraction of sp³-hybridized carbons (Fsp3) is 0.227. The molecular formula is C22H21N3O4S. The minimum absolute atomic E-state index is 0.0755. The Hall–Kier alpha value is -3.39. The van der Waals surface area contributed by atoms with Crippen LogP contribution in [-0.4, -0.2) is 35.7 Å². The van der Waals surface area contributed by atoms with E-state index in [1.165, 1.54) is 17.6 Å². The lowest BCUT2D eigenvalue weighted by Gasteiger charge is -2.29. The normalized spacial score (nSPS) is 16.6. The Balaban J connectivity index is 1.59. The van der Waals surface area contributed by atoms with Crippen LogP contribution in [0.5, 0.6) is 0 Å². The molecule has 0 aliphatic carbocycles. The number of hydrogen-bond donors (Lipinski definition) is 2. The standard InChI is InChI=1S/C22H21N3O4S/c1-14-12-19(24-21(27)17-8-5-11-29-17)30-20(14)22(28)25-10-9-23-18(26)13-16(25)15-6-3-2-4-7-15/h2-8,11-12,16H,9-10,13H2,1H3,(H,23,26)(H,24,27)/t16-/m1/s1. The van der Waals surface area contributed by atoms with Gasteiger partial charge in [0.25, 0.3) is 11.8 Å². The number of aryl methyl sites for hydroxylation is 1. The predicted molar refractivity (Wildman–Crippen MR) is 114 cm³/mol. The first-order valence-electron chi connectivity index (χ1n) is 9.61. The van der Waals surface area contributed by atoms with Gasteiger partial charge in [-0.25, -0.2) is 0 Å². The van der Waals surface area contributed by atoms with Crippen LogP contribution in [-0.2, 0) is 4.79 Å². The van der Waals surface area contributed by atoms with Crippen LogP contribution < -0.4 is 10.6 Å². The summed E-state index contributed by atoms with van der Waals surface area (Å²) in [5, 5.41) is 6.19. The molecule has 1 saturated heterocycles. The van der Waals surface area contributed by atoms with E-state index in [-0.39, 0.29) is 35.9 Å². The smallest absolute Gasteiger partial charge is 0.291 e. The zero-order valence-electron chi connectivity index (χ0n) is 16.4. The highest BCUT2D eigenvalue weighted by atomic mass is 32.1. The van der Waals surface area contributed by atoms with E-state index in [9.17, 15) is 14.4 Å². The van der Waals surface area contributed by atoms with Crippen molar-refractivity contribution in [3.05, 3.63) is 76.6 Å². The van der Waals surface area contributed by atoms with Gasteiger partial charge in [0.2, 0.25) is 5.91 Å². The van der Waals surface area contributed by atoms with E-state index in [0.717, 1.165) is 11.1 Å². The monoisotopic (exact) mass is 423 g/mol. The lowest BCUT2D eigenvalue weighted by atomic mass is 10.0. The summed E-state index contributed by atoms with van der Waals surface area (Å²) in [6.45, 7) is 2.65. The van der Waals surface area contributed by atoms with Crippen LogP contribution in [0, 0.1) is 6.92 Å². The maximum atomic E-state index is 13.5. The number of nitrogens with zero attached hydrogens (tertiary/aromatic N) is 1. The van der Waals surface area contributed by atoms with Crippen LogP contribution in [0.3, 0.4) is 0 Å². The summed E-state index contributed by atoms with van der Waals surface area (Å²) in [7, 11) is 0. The van der Waals surface area contributed by atoms with Crippen LogP contribution in [0.25, 0.3) is 0 Å². The summed E-state index contributed by atoms with van der Waals surface area (Å²) in [5.74, 6) is -0.392. The first-order valence-corrected chi connectivity index (χ1v) is 10.4. The topological polar surface area (TPSA) is 91.7 Å². The number of benzene rings is 1. The first-order chi connectivity index (χ1) is 14.5. The van der Waals surface area contributed by atoms with Crippen molar-refractivity contribution in [1.29, 1.82) is 0 Å². The molecule has 30 heavy (non-hydrogen) atoms. The van der Waals surface area contributed by atoms with Gasteiger partial charge in [0.1, 0.15) is 0 Å². The van der Waals surface area contributed by atoms with Crippen LogP contribution in [0.1, 0.15) is 43.8 Å². The SMILES string of the molecule is Cc1cc(NC(=O)c2ccco2)sc1C(=O)N1CCNC(=O)C[C@@H]1c1ccccc1. The molecule has 8 heteroatoms. The Morgan fingerprint density at radius 3 is 2.73 bits per heavy atom. The van der Waals surface area contributed by atoms with Gasteiger partial charge in [-0.1, -0.05) is 30.3 Å². The summed E-state index contributed by atoms with van der Waals surface area (Å²) >= 11 is 1.22. The van der Waals surface area contributed by atoms with Crippen LogP contribution in [0.2, 0.25) is 0 Å². The number of furan rings is 1. The quantitative estimate of drug-likeness (QED) is 0.671. The van der Waals surface area contributed by atoms with Crippen LogP contribution in [0.15, 0.2) is 59.2 Å². The number of amides is 3. The molecule has 2 N–H and O–H groups in total. The van der Waals surface area contributed by atoms with E-state index in [0.29, 0.717) is 23.0 Å². The molecule has 3 aromatic rings. The summed E-state index contributed by atoms with van der Waals surface area (Å²) in [6, 6.07) is 14.2. The molecule has 0 radical (unpaired) electrons. The van der Waals surface area contributed by atoms with Crippen molar-refractivity contribution in [2.45, 2.75) is 19.4 Å². The number of hydrogen-bond acceptors (Lipinski definition) is 5. The van der Waals surface area contributed by atoms with Crippen molar-refractivity contribution >= 4 is 34.1 Å². The molecule has 7 nitrogen and oxygen atoms in total. The molecule has 4 rings (SSSR count). The minimum Gasteiger partial charge on any atom is -0.459 e. The van der Waals surface area contributed by atoms with Crippen molar-refractivity contribution in [2.75, 3.05) is 18.4 Å². The molecule has 0 saturated carbocycles. The Labute approximate surface area is 177 Å². The van der Waals surface area contributed by atoms with E-state index >= 15 is 0 Å². The Morgan fingerprint density at radius 2 is 2.00 bits per heavy atom. The van der Waals surface area contributed by atoms with Gasteiger partial charge in [0.15, 0.2) is 5.76 Å². The van der Waals surface area contributed by atoms with E-state index in [1.54, 1.807) is 23.1 Å². The van der Waals surface area contributed by atoms with Crippen molar-refractivity contribution in [3.63, 3.8) is 0 Å². The fourth-order valence-corrected chi connectivity index (χ4v) is 4.54. The van der Waals surface area contributed by atoms with Gasteiger partial charge in [-0.15, -0.1) is 11.3 Å². The van der Waals surface area contributed by atoms with Gasteiger partial charge in [-0.05, 0) is 36.2 Å². The van der Waals surface area contributed by atoms with Gasteiger partial charge in [0.05, 0.1) is 28.6 Å². The molecule has 1 aromatic carbocycles. The molecule has 1 aliphatic rings. The predicted octanol–water partition coefficient (Wildman–Crippen LogP) is 3.61. The fourth-order valence-electron chi connectivity index (χ4n) is 3.51. The van der Waals surface area contributed by atoms with E-state index in [2.05, 4.69) is 10.6 Å². The van der Waals surface area contributed by atoms with Gasteiger partial charge in [-0.3, -0.25) is 14.4 Å². The third-order valence-electron chi connectivity index (χ3n) is 4.97. The zero-order chi connectivity index (χ0) is 21.1. The summed E-state index contributed by atoms with van der Waals surface area (Å²) in [6.07, 6.45) is 1.64. The van der Waals surface area contributed by atoms with Gasteiger partial charge in [-0.2, -0.15) is 0 Å². The van der Waals surface area contributed by atoms with Gasteiger partial charge < -0.3 is 20.0 Å². The lowest BCUT2D eigenvalue weighted by Crippen LogP contribution is -2.36. The highest BCUT2D eigenvalue weighted by Gasteiger charge is 2.32. The molecule has 3 heterocycles. The summed E-state index contributed by atoms with van der Waals surface area (Å²) in [4.78, 5) is 40.2. The maximum absolute atomic E-state index is 13.5. The van der Waals surface area contributed by atoms with Gasteiger partial charge in [0, 0.05) is 13.1 Å². The third kappa shape index (κ3) is 4.13. The van der Waals surface area contributed by atoms with Crippen molar-refractivity contribution in [3.8, 4) is 0 Å². The maximum Gasteiger partial charge on any atom is 0.291 e. The van der Waals surface area contributed by atoms with Gasteiger partial charge >= 0.3 is 0 Å². The molecule has 0 unspecified atom stereocenters. The van der Waals surface area contributed by atoms with Crippen molar-refractivity contribution in [2.24, 2.45) is 0 Å². The second kappa shape index (κ2) is 8.54. The Bertz CT molecular complexity index is 1060. The molecule has 154 valence electrons. The Kier molecular flexibility index (Phi) is 5.67. The van der Waals surface area contributed by atoms with E-state index < -0.39 is 0 Å². The minimum atomic E-state index is -0.369. The third-order valence-corrected chi connectivity index (χ3v) is 6.11. The molecule has 1 fully saturated rings. The Morgan fingerprint density at radius 1 is 1.20 bits per heavy atom. The molecule has 0 spiro atoms. The molecule has 3 amide bonds. The van der Waals surface area contributed by atoms with Crippen LogP contribution in [0.4, 0.5) is 5.00 Å². The zero-order valence-corrected chi connectivity index (χ0v) is 17.2. The molecule has 1 aliphatic heterocycles.